The van der Waals surface area contributed by atoms with Gasteiger partial charge in [0.05, 0.1) is 10.5 Å². The lowest BCUT2D eigenvalue weighted by atomic mass is 10.2. The number of nitrogens with one attached hydrogen (secondary N) is 1. The minimum absolute atomic E-state index is 0.136. The van der Waals surface area contributed by atoms with E-state index in [1.54, 1.807) is 12.1 Å². The second-order valence-corrected chi connectivity index (χ2v) is 3.62. The molecule has 1 heterocycles. The first-order valence-corrected chi connectivity index (χ1v) is 5.23. The molecule has 6 nitrogen and oxygen atoms in total. The van der Waals surface area contributed by atoms with E-state index in [4.69, 9.17) is 0 Å². The van der Waals surface area contributed by atoms with Crippen molar-refractivity contribution in [2.75, 3.05) is 5.32 Å². The van der Waals surface area contributed by atoms with E-state index in [0.29, 0.717) is 5.56 Å². The SMILES string of the molecule is O=C(Nc1ccc([N+](=O)[O-])c(F)c1)c1cccnc1. The quantitative estimate of drug-likeness (QED) is 0.679. The fourth-order valence-electron chi connectivity index (χ4n) is 1.43. The normalized spacial score (nSPS) is 9.95. The molecular weight excluding hydrogens is 253 g/mol. The fourth-order valence-corrected chi connectivity index (χ4v) is 1.43. The van der Waals surface area contributed by atoms with E-state index >= 15 is 0 Å². The summed E-state index contributed by atoms with van der Waals surface area (Å²) in [5, 5.41) is 12.9. The van der Waals surface area contributed by atoms with Crippen molar-refractivity contribution >= 4 is 17.3 Å². The maximum atomic E-state index is 13.3. The highest BCUT2D eigenvalue weighted by atomic mass is 19.1. The van der Waals surface area contributed by atoms with Crippen molar-refractivity contribution in [2.45, 2.75) is 0 Å². The van der Waals surface area contributed by atoms with Crippen LogP contribution in [0.5, 0.6) is 0 Å². The van der Waals surface area contributed by atoms with Crippen LogP contribution in [0.2, 0.25) is 0 Å². The van der Waals surface area contributed by atoms with Crippen LogP contribution in [0.4, 0.5) is 15.8 Å². The molecule has 2 aromatic rings. The third kappa shape index (κ3) is 2.89. The molecule has 0 aliphatic rings. The van der Waals surface area contributed by atoms with Crippen molar-refractivity contribution in [1.29, 1.82) is 0 Å². The van der Waals surface area contributed by atoms with Gasteiger partial charge in [-0.05, 0) is 18.2 Å². The molecule has 1 aromatic carbocycles. The van der Waals surface area contributed by atoms with Gasteiger partial charge in [0.15, 0.2) is 0 Å². The lowest BCUT2D eigenvalue weighted by Crippen LogP contribution is -2.12. The van der Waals surface area contributed by atoms with Crippen molar-refractivity contribution < 1.29 is 14.1 Å². The summed E-state index contributed by atoms with van der Waals surface area (Å²) in [6.07, 6.45) is 2.87. The van der Waals surface area contributed by atoms with Crippen molar-refractivity contribution in [3.63, 3.8) is 0 Å². The molecule has 1 aromatic heterocycles. The number of nitro benzene ring substituents is 1. The molecule has 0 radical (unpaired) electrons. The third-order valence-electron chi connectivity index (χ3n) is 2.33. The molecule has 96 valence electrons. The van der Waals surface area contributed by atoms with Crippen LogP contribution in [0.3, 0.4) is 0 Å². The molecule has 0 bridgehead atoms. The number of pyridine rings is 1. The molecule has 0 fully saturated rings. The Morgan fingerprint density at radius 3 is 2.74 bits per heavy atom. The first kappa shape index (κ1) is 12.6. The number of hydrogen-bond acceptors (Lipinski definition) is 4. The van der Waals surface area contributed by atoms with Crippen molar-refractivity contribution in [2.24, 2.45) is 0 Å². The molecule has 0 aliphatic carbocycles. The van der Waals surface area contributed by atoms with E-state index in [9.17, 15) is 19.3 Å². The van der Waals surface area contributed by atoms with Crippen LogP contribution >= 0.6 is 0 Å². The molecule has 2 rings (SSSR count). The zero-order chi connectivity index (χ0) is 13.8. The van der Waals surface area contributed by atoms with Crippen LogP contribution in [-0.4, -0.2) is 15.8 Å². The van der Waals surface area contributed by atoms with Crippen LogP contribution in [0.1, 0.15) is 10.4 Å². The number of hydrogen-bond donors (Lipinski definition) is 1. The minimum atomic E-state index is -1.01. The Hall–Kier alpha value is -2.83. The van der Waals surface area contributed by atoms with Crippen molar-refractivity contribution in [3.8, 4) is 0 Å². The molecule has 1 N–H and O–H groups in total. The van der Waals surface area contributed by atoms with Crippen molar-refractivity contribution in [1.82, 2.24) is 4.98 Å². The summed E-state index contributed by atoms with van der Waals surface area (Å²) in [5.74, 6) is -1.48. The highest BCUT2D eigenvalue weighted by Crippen LogP contribution is 2.21. The maximum Gasteiger partial charge on any atom is 0.304 e. The van der Waals surface area contributed by atoms with Gasteiger partial charge in [-0.1, -0.05) is 0 Å². The highest BCUT2D eigenvalue weighted by Gasteiger charge is 2.15. The average Bonchev–Trinajstić information content (AvgIpc) is 2.39. The molecule has 7 heteroatoms. The number of aromatic nitrogens is 1. The molecule has 19 heavy (non-hydrogen) atoms. The number of nitrogens with zero attached hydrogens (tertiary/aromatic N) is 2. The number of carbonyl (C=O) groups is 1. The van der Waals surface area contributed by atoms with Gasteiger partial charge < -0.3 is 5.32 Å². The first-order chi connectivity index (χ1) is 9.08. The predicted molar refractivity (Wildman–Crippen MR) is 65.2 cm³/mol. The third-order valence-corrected chi connectivity index (χ3v) is 2.33. The Labute approximate surface area is 107 Å². The number of halogens is 1. The minimum Gasteiger partial charge on any atom is -0.322 e. The second-order valence-electron chi connectivity index (χ2n) is 3.62. The molecular formula is C12H8FN3O3. The van der Waals surface area contributed by atoms with Gasteiger partial charge >= 0.3 is 5.69 Å². The molecule has 0 unspecified atom stereocenters. The van der Waals surface area contributed by atoms with E-state index in [-0.39, 0.29) is 5.69 Å². The van der Waals surface area contributed by atoms with Crippen LogP contribution in [0.25, 0.3) is 0 Å². The Kier molecular flexibility index (Phi) is 3.46. The van der Waals surface area contributed by atoms with Crippen LogP contribution < -0.4 is 5.32 Å². The molecule has 0 spiro atoms. The number of nitro groups is 1. The molecule has 1 amide bonds. The lowest BCUT2D eigenvalue weighted by Gasteiger charge is -2.04. The van der Waals surface area contributed by atoms with Crippen LogP contribution in [-0.2, 0) is 0 Å². The lowest BCUT2D eigenvalue weighted by molar-refractivity contribution is -0.387. The summed E-state index contributed by atoms with van der Waals surface area (Å²) in [5.41, 5.74) is -0.197. The van der Waals surface area contributed by atoms with Gasteiger partial charge in [0.1, 0.15) is 0 Å². The van der Waals surface area contributed by atoms with Gasteiger partial charge in [-0.2, -0.15) is 4.39 Å². The zero-order valence-corrected chi connectivity index (χ0v) is 9.54. The van der Waals surface area contributed by atoms with E-state index in [2.05, 4.69) is 10.3 Å². The molecule has 0 saturated heterocycles. The summed E-state index contributed by atoms with van der Waals surface area (Å²) in [6.45, 7) is 0. The fraction of sp³-hybridized carbons (Fsp3) is 0. The monoisotopic (exact) mass is 261 g/mol. The number of amides is 1. The second kappa shape index (κ2) is 5.21. The summed E-state index contributed by atoms with van der Waals surface area (Å²) >= 11 is 0. The highest BCUT2D eigenvalue weighted by molar-refractivity contribution is 6.04. The van der Waals surface area contributed by atoms with E-state index in [1.165, 1.54) is 18.5 Å². The summed E-state index contributed by atoms with van der Waals surface area (Å²) < 4.78 is 13.3. The topological polar surface area (TPSA) is 85.1 Å². The van der Waals surface area contributed by atoms with Gasteiger partial charge in [-0.25, -0.2) is 0 Å². The Balaban J connectivity index is 2.19. The molecule has 0 aliphatic heterocycles. The van der Waals surface area contributed by atoms with Gasteiger partial charge in [0.25, 0.3) is 5.91 Å². The Bertz CT molecular complexity index is 631. The summed E-state index contributed by atoms with van der Waals surface area (Å²) in [6, 6.07) is 6.28. The van der Waals surface area contributed by atoms with Gasteiger partial charge in [-0.15, -0.1) is 0 Å². The first-order valence-electron chi connectivity index (χ1n) is 5.23. The van der Waals surface area contributed by atoms with Crippen LogP contribution in [0, 0.1) is 15.9 Å². The maximum absolute atomic E-state index is 13.3. The number of benzene rings is 1. The molecule has 0 atom stereocenters. The van der Waals surface area contributed by atoms with Crippen molar-refractivity contribution in [3.05, 3.63) is 64.2 Å². The van der Waals surface area contributed by atoms with E-state index in [1.807, 2.05) is 0 Å². The Morgan fingerprint density at radius 2 is 2.16 bits per heavy atom. The Morgan fingerprint density at radius 1 is 1.37 bits per heavy atom. The largest absolute Gasteiger partial charge is 0.322 e. The van der Waals surface area contributed by atoms with E-state index in [0.717, 1.165) is 12.1 Å². The number of anilines is 1. The van der Waals surface area contributed by atoms with Gasteiger partial charge in [0, 0.05) is 30.2 Å². The van der Waals surface area contributed by atoms with Gasteiger partial charge in [0.2, 0.25) is 5.82 Å². The average molecular weight is 261 g/mol. The standard InChI is InChI=1S/C12H8FN3O3/c13-10-6-9(3-4-11(10)16(18)19)15-12(17)8-2-1-5-14-7-8/h1-7H,(H,15,17). The predicted octanol–water partition coefficient (Wildman–Crippen LogP) is 2.38. The molecule has 0 saturated carbocycles. The van der Waals surface area contributed by atoms with E-state index < -0.39 is 22.3 Å². The summed E-state index contributed by atoms with van der Waals surface area (Å²) in [4.78, 5) is 25.1. The van der Waals surface area contributed by atoms with Gasteiger partial charge in [-0.3, -0.25) is 19.9 Å². The number of carbonyl (C=O) groups excluding carboxylic acids is 1. The van der Waals surface area contributed by atoms with Crippen LogP contribution in [0.15, 0.2) is 42.7 Å². The summed E-state index contributed by atoms with van der Waals surface area (Å²) in [7, 11) is 0. The zero-order valence-electron chi connectivity index (χ0n) is 9.54. The smallest absolute Gasteiger partial charge is 0.304 e. The number of rotatable bonds is 3.